The fourth-order valence-electron chi connectivity index (χ4n) is 3.86. The number of rotatable bonds is 4. The summed E-state index contributed by atoms with van der Waals surface area (Å²) in [6.07, 6.45) is -0.560. The van der Waals surface area contributed by atoms with E-state index in [2.05, 4.69) is 66.2 Å². The molecule has 0 spiro atoms. The number of hydrogen-bond donors (Lipinski definition) is 3. The molecule has 0 saturated heterocycles. The van der Waals surface area contributed by atoms with Crippen molar-refractivity contribution in [3.63, 3.8) is 0 Å². The van der Waals surface area contributed by atoms with E-state index >= 15 is 0 Å². The third-order valence-electron chi connectivity index (χ3n) is 5.64. The molecule has 4 nitrogen and oxygen atoms in total. The first kappa shape index (κ1) is 17.0. The number of hydrogen-bond acceptors (Lipinski definition) is 3. The third kappa shape index (κ3) is 2.50. The van der Waals surface area contributed by atoms with Crippen molar-refractivity contribution < 1.29 is 10.2 Å². The maximum Gasteiger partial charge on any atom is 0.110 e. The van der Waals surface area contributed by atoms with Crippen LogP contribution in [-0.4, -0.2) is 27.6 Å². The van der Waals surface area contributed by atoms with E-state index in [-0.39, 0.29) is 6.61 Å². The van der Waals surface area contributed by atoms with Gasteiger partial charge in [0, 0.05) is 34.3 Å². The Bertz CT molecular complexity index is 1110. The maximum absolute atomic E-state index is 9.88. The van der Waals surface area contributed by atoms with E-state index in [1.165, 1.54) is 32.6 Å². The molecule has 3 aromatic carbocycles. The highest BCUT2D eigenvalue weighted by Gasteiger charge is 2.30. The van der Waals surface area contributed by atoms with Crippen LogP contribution in [0.2, 0.25) is 0 Å². The van der Waals surface area contributed by atoms with Gasteiger partial charge >= 0.3 is 0 Å². The minimum Gasteiger partial charge on any atom is -0.396 e. The highest BCUT2D eigenvalue weighted by Crippen LogP contribution is 2.35. The lowest BCUT2D eigenvalue weighted by Crippen LogP contribution is -2.43. The summed E-state index contributed by atoms with van der Waals surface area (Å²) in [6, 6.07) is 19.1. The zero-order chi connectivity index (χ0) is 18.5. The Kier molecular flexibility index (Phi) is 3.99. The molecule has 0 saturated carbocycles. The molecular weight excluding hydrogens is 324 g/mol. The third-order valence-corrected chi connectivity index (χ3v) is 5.64. The molecule has 1 aromatic heterocycles. The normalized spacial score (nSPS) is 15.6. The molecule has 134 valence electrons. The van der Waals surface area contributed by atoms with Gasteiger partial charge in [0.05, 0.1) is 6.61 Å². The van der Waals surface area contributed by atoms with E-state index in [1.54, 1.807) is 6.92 Å². The fourth-order valence-corrected chi connectivity index (χ4v) is 3.86. The summed E-state index contributed by atoms with van der Waals surface area (Å²) in [6.45, 7) is 1.64. The van der Waals surface area contributed by atoms with Crippen LogP contribution in [0, 0.1) is 5.41 Å². The van der Waals surface area contributed by atoms with Crippen molar-refractivity contribution in [3.8, 4) is 0 Å². The van der Waals surface area contributed by atoms with Gasteiger partial charge < -0.3 is 20.5 Å². The lowest BCUT2D eigenvalue weighted by Gasteiger charge is -2.30. The van der Waals surface area contributed by atoms with Gasteiger partial charge in [-0.2, -0.15) is 0 Å². The molecule has 2 unspecified atom stereocenters. The van der Waals surface area contributed by atoms with Crippen molar-refractivity contribution >= 4 is 32.6 Å². The monoisotopic (exact) mass is 348 g/mol. The van der Waals surface area contributed by atoms with Gasteiger partial charge in [-0.15, -0.1) is 0 Å². The quantitative estimate of drug-likeness (QED) is 0.496. The first-order valence-electron chi connectivity index (χ1n) is 8.88. The largest absolute Gasteiger partial charge is 0.396 e. The van der Waals surface area contributed by atoms with Gasteiger partial charge in [0.2, 0.25) is 0 Å². The van der Waals surface area contributed by atoms with Gasteiger partial charge in [0.1, 0.15) is 6.23 Å². The van der Waals surface area contributed by atoms with Crippen LogP contribution in [0.4, 0.5) is 0 Å². The highest BCUT2D eigenvalue weighted by molar-refractivity contribution is 6.20. The van der Waals surface area contributed by atoms with E-state index < -0.39 is 11.6 Å². The minimum absolute atomic E-state index is 0.166. The van der Waals surface area contributed by atoms with Crippen molar-refractivity contribution in [3.05, 3.63) is 60.2 Å². The van der Waals surface area contributed by atoms with E-state index in [0.717, 1.165) is 5.56 Å². The number of fused-ring (bicyclic) bond motifs is 5. The Morgan fingerprint density at radius 1 is 1.04 bits per heavy atom. The average molecular weight is 348 g/mol. The van der Waals surface area contributed by atoms with Crippen LogP contribution in [-0.2, 0) is 13.5 Å². The fraction of sp³-hybridized carbons (Fsp3) is 0.273. The first-order chi connectivity index (χ1) is 12.4. The number of aryl methyl sites for hydroxylation is 1. The van der Waals surface area contributed by atoms with Crippen molar-refractivity contribution in [1.82, 2.24) is 4.57 Å². The zero-order valence-corrected chi connectivity index (χ0v) is 15.1. The van der Waals surface area contributed by atoms with Crippen LogP contribution < -0.4 is 5.73 Å². The van der Waals surface area contributed by atoms with E-state index in [4.69, 9.17) is 5.73 Å². The van der Waals surface area contributed by atoms with E-state index in [9.17, 15) is 10.2 Å². The molecule has 4 rings (SSSR count). The summed E-state index contributed by atoms with van der Waals surface area (Å²) < 4.78 is 2.21. The molecule has 2 atom stereocenters. The van der Waals surface area contributed by atoms with E-state index in [0.29, 0.717) is 6.42 Å². The Balaban J connectivity index is 1.98. The maximum atomic E-state index is 9.88. The van der Waals surface area contributed by atoms with Gasteiger partial charge in [-0.05, 0) is 41.0 Å². The van der Waals surface area contributed by atoms with Crippen molar-refractivity contribution in [1.29, 1.82) is 0 Å². The van der Waals surface area contributed by atoms with Crippen LogP contribution in [0.25, 0.3) is 32.6 Å². The van der Waals surface area contributed by atoms with Crippen LogP contribution in [0.1, 0.15) is 12.5 Å². The second-order valence-electron chi connectivity index (χ2n) is 7.53. The smallest absolute Gasteiger partial charge is 0.110 e. The standard InChI is InChI=1S/C22H24N2O2/c1-22(13-25,21(23)26)12-14-7-9-18-17(11-14)20-16-6-4-3-5-15(16)8-10-19(20)24(18)2/h3-11,21,25-26H,12-13,23H2,1-2H3. The van der Waals surface area contributed by atoms with Crippen molar-refractivity contribution in [2.45, 2.75) is 19.6 Å². The second kappa shape index (κ2) is 6.09. The predicted molar refractivity (Wildman–Crippen MR) is 107 cm³/mol. The molecule has 0 radical (unpaired) electrons. The molecular formula is C22H24N2O2. The average Bonchev–Trinajstić information content (AvgIpc) is 2.94. The molecule has 0 aliphatic heterocycles. The molecule has 1 heterocycles. The van der Waals surface area contributed by atoms with Crippen LogP contribution in [0.15, 0.2) is 54.6 Å². The Hall–Kier alpha value is -2.40. The number of nitrogens with two attached hydrogens (primary N) is 1. The molecule has 4 N–H and O–H groups in total. The molecule has 4 aromatic rings. The SMILES string of the molecule is Cn1c2ccc(CC(C)(CO)C(N)O)cc2c2c3ccccc3ccc21. The van der Waals surface area contributed by atoms with Gasteiger partial charge in [-0.25, -0.2) is 0 Å². The van der Waals surface area contributed by atoms with Crippen LogP contribution in [0.3, 0.4) is 0 Å². The van der Waals surface area contributed by atoms with Crippen molar-refractivity contribution in [2.24, 2.45) is 18.2 Å². The van der Waals surface area contributed by atoms with Gasteiger partial charge in [-0.1, -0.05) is 43.3 Å². The Morgan fingerprint density at radius 3 is 2.50 bits per heavy atom. The van der Waals surface area contributed by atoms with Crippen LogP contribution >= 0.6 is 0 Å². The zero-order valence-electron chi connectivity index (χ0n) is 15.1. The lowest BCUT2D eigenvalue weighted by molar-refractivity contribution is -0.000729. The summed E-state index contributed by atoms with van der Waals surface area (Å²) >= 11 is 0. The number of nitrogens with zero attached hydrogens (tertiary/aromatic N) is 1. The molecule has 0 bridgehead atoms. The summed E-state index contributed by atoms with van der Waals surface area (Å²) in [5.74, 6) is 0. The second-order valence-corrected chi connectivity index (χ2v) is 7.53. The summed E-state index contributed by atoms with van der Waals surface area (Å²) in [7, 11) is 2.08. The summed E-state index contributed by atoms with van der Waals surface area (Å²) in [4.78, 5) is 0. The number of aliphatic hydroxyl groups is 2. The molecule has 0 amide bonds. The molecule has 0 aliphatic carbocycles. The first-order valence-corrected chi connectivity index (χ1v) is 8.88. The topological polar surface area (TPSA) is 71.4 Å². The number of benzene rings is 3. The molecule has 0 fully saturated rings. The van der Waals surface area contributed by atoms with Gasteiger partial charge in [0.25, 0.3) is 0 Å². The summed E-state index contributed by atoms with van der Waals surface area (Å²) in [5, 5.41) is 24.5. The number of aliphatic hydroxyl groups excluding tert-OH is 2. The lowest BCUT2D eigenvalue weighted by atomic mass is 9.82. The summed E-state index contributed by atoms with van der Waals surface area (Å²) in [5.41, 5.74) is 8.35. The predicted octanol–water partition coefficient (Wildman–Crippen LogP) is 3.30. The molecule has 26 heavy (non-hydrogen) atoms. The molecule has 0 aliphatic rings. The molecule has 4 heteroatoms. The number of aromatic nitrogens is 1. The Morgan fingerprint density at radius 2 is 1.77 bits per heavy atom. The Labute approximate surface area is 152 Å². The highest BCUT2D eigenvalue weighted by atomic mass is 16.3. The van der Waals surface area contributed by atoms with E-state index in [1.807, 2.05) is 0 Å². The van der Waals surface area contributed by atoms with Gasteiger partial charge in [-0.3, -0.25) is 0 Å². The van der Waals surface area contributed by atoms with Crippen LogP contribution in [0.5, 0.6) is 0 Å². The van der Waals surface area contributed by atoms with Gasteiger partial charge in [0.15, 0.2) is 0 Å². The van der Waals surface area contributed by atoms with Crippen molar-refractivity contribution in [2.75, 3.05) is 6.61 Å². The minimum atomic E-state index is -1.07.